The lowest BCUT2D eigenvalue weighted by molar-refractivity contribution is 0.103. The van der Waals surface area contributed by atoms with Gasteiger partial charge in [0.15, 0.2) is 0 Å². The van der Waals surface area contributed by atoms with Gasteiger partial charge in [-0.05, 0) is 42.0 Å². The standard InChI is InChI=1S/C24H19FN2O3/c1-29-21-11-4-3-9-18(21)24(28)20-14-27(15-26-20)17-8-5-7-16(13-17)23-19(25)10-6-12-22(23)30-2/h3-15H,1-2H3. The number of methoxy groups -OCH3 is 2. The van der Waals surface area contributed by atoms with Gasteiger partial charge in [0.1, 0.15) is 29.3 Å². The van der Waals surface area contributed by atoms with Gasteiger partial charge in [0.05, 0.1) is 25.3 Å². The number of benzene rings is 3. The summed E-state index contributed by atoms with van der Waals surface area (Å²) >= 11 is 0. The molecule has 5 nitrogen and oxygen atoms in total. The van der Waals surface area contributed by atoms with Gasteiger partial charge < -0.3 is 14.0 Å². The van der Waals surface area contributed by atoms with Crippen LogP contribution in [-0.2, 0) is 0 Å². The summed E-state index contributed by atoms with van der Waals surface area (Å²) in [4.78, 5) is 17.1. The monoisotopic (exact) mass is 402 g/mol. The summed E-state index contributed by atoms with van der Waals surface area (Å²) in [7, 11) is 3.03. The van der Waals surface area contributed by atoms with Crippen molar-refractivity contribution in [1.82, 2.24) is 9.55 Å². The Balaban J connectivity index is 1.70. The number of para-hydroxylation sites is 1. The Kier molecular flexibility index (Phi) is 5.30. The predicted molar refractivity (Wildman–Crippen MR) is 112 cm³/mol. The second-order valence-electron chi connectivity index (χ2n) is 6.56. The number of ketones is 1. The minimum atomic E-state index is -0.371. The smallest absolute Gasteiger partial charge is 0.216 e. The molecule has 150 valence electrons. The highest BCUT2D eigenvalue weighted by molar-refractivity contribution is 6.09. The van der Waals surface area contributed by atoms with Crippen molar-refractivity contribution in [2.45, 2.75) is 0 Å². The lowest BCUT2D eigenvalue weighted by atomic mass is 10.0. The van der Waals surface area contributed by atoms with Gasteiger partial charge in [-0.15, -0.1) is 0 Å². The molecule has 6 heteroatoms. The van der Waals surface area contributed by atoms with Crippen molar-refractivity contribution in [2.24, 2.45) is 0 Å². The van der Waals surface area contributed by atoms with E-state index in [1.54, 1.807) is 53.5 Å². The van der Waals surface area contributed by atoms with Crippen LogP contribution < -0.4 is 9.47 Å². The molecule has 0 N–H and O–H groups in total. The average molecular weight is 402 g/mol. The zero-order valence-electron chi connectivity index (χ0n) is 16.5. The minimum absolute atomic E-state index is 0.238. The highest BCUT2D eigenvalue weighted by Crippen LogP contribution is 2.33. The first kappa shape index (κ1) is 19.4. The second-order valence-corrected chi connectivity index (χ2v) is 6.56. The van der Waals surface area contributed by atoms with E-state index >= 15 is 0 Å². The number of rotatable bonds is 6. The number of hydrogen-bond acceptors (Lipinski definition) is 4. The van der Waals surface area contributed by atoms with Gasteiger partial charge in [0, 0.05) is 11.9 Å². The van der Waals surface area contributed by atoms with E-state index in [2.05, 4.69) is 4.98 Å². The first-order valence-corrected chi connectivity index (χ1v) is 9.27. The van der Waals surface area contributed by atoms with E-state index < -0.39 is 0 Å². The predicted octanol–water partition coefficient (Wildman–Crippen LogP) is 4.93. The summed E-state index contributed by atoms with van der Waals surface area (Å²) in [6.45, 7) is 0. The summed E-state index contributed by atoms with van der Waals surface area (Å²) < 4.78 is 26.8. The van der Waals surface area contributed by atoms with Crippen molar-refractivity contribution in [3.8, 4) is 28.3 Å². The van der Waals surface area contributed by atoms with E-state index in [4.69, 9.17) is 9.47 Å². The van der Waals surface area contributed by atoms with Gasteiger partial charge >= 0.3 is 0 Å². The van der Waals surface area contributed by atoms with Crippen LogP contribution in [0.15, 0.2) is 79.3 Å². The highest BCUT2D eigenvalue weighted by atomic mass is 19.1. The Labute approximate surface area is 173 Å². The van der Waals surface area contributed by atoms with Crippen molar-refractivity contribution in [2.75, 3.05) is 14.2 Å². The van der Waals surface area contributed by atoms with Gasteiger partial charge in [-0.25, -0.2) is 9.37 Å². The summed E-state index contributed by atoms with van der Waals surface area (Å²) in [6, 6.07) is 19.0. The molecule has 0 saturated carbocycles. The maximum Gasteiger partial charge on any atom is 0.216 e. The van der Waals surface area contributed by atoms with E-state index in [1.165, 1.54) is 20.3 Å². The molecule has 0 atom stereocenters. The van der Waals surface area contributed by atoms with E-state index in [0.717, 1.165) is 5.69 Å². The van der Waals surface area contributed by atoms with E-state index in [0.29, 0.717) is 28.2 Å². The molecule has 1 heterocycles. The van der Waals surface area contributed by atoms with Crippen LogP contribution in [0.25, 0.3) is 16.8 Å². The van der Waals surface area contributed by atoms with Gasteiger partial charge in [-0.2, -0.15) is 0 Å². The molecule has 0 unspecified atom stereocenters. The molecule has 0 aliphatic carbocycles. The maximum absolute atomic E-state index is 14.5. The molecule has 0 aliphatic heterocycles. The summed E-state index contributed by atoms with van der Waals surface area (Å²) in [5.41, 5.74) is 2.51. The number of ether oxygens (including phenoxy) is 2. The van der Waals surface area contributed by atoms with Gasteiger partial charge in [-0.3, -0.25) is 4.79 Å². The molecule has 4 rings (SSSR count). The summed E-state index contributed by atoms with van der Waals surface area (Å²) in [6.07, 6.45) is 3.20. The number of aromatic nitrogens is 2. The largest absolute Gasteiger partial charge is 0.496 e. The molecule has 0 saturated heterocycles. The molecule has 0 spiro atoms. The quantitative estimate of drug-likeness (QED) is 0.429. The van der Waals surface area contributed by atoms with Crippen molar-refractivity contribution < 1.29 is 18.7 Å². The molecule has 0 fully saturated rings. The SMILES string of the molecule is COc1ccccc1C(=O)c1cn(-c2cccc(-c3c(F)cccc3OC)c2)cn1. The van der Waals surface area contributed by atoms with Gasteiger partial charge in [0.2, 0.25) is 5.78 Å². The van der Waals surface area contributed by atoms with Crippen molar-refractivity contribution in [3.05, 3.63) is 96.3 Å². The molecule has 1 aromatic heterocycles. The zero-order chi connectivity index (χ0) is 21.1. The third-order valence-corrected chi connectivity index (χ3v) is 4.80. The fourth-order valence-electron chi connectivity index (χ4n) is 3.33. The molecule has 0 aliphatic rings. The van der Waals surface area contributed by atoms with Gasteiger partial charge in [-0.1, -0.05) is 30.3 Å². The summed E-state index contributed by atoms with van der Waals surface area (Å²) in [5, 5.41) is 0. The van der Waals surface area contributed by atoms with Crippen LogP contribution in [0.5, 0.6) is 11.5 Å². The number of imidazole rings is 1. The maximum atomic E-state index is 14.5. The van der Waals surface area contributed by atoms with Crippen LogP contribution >= 0.6 is 0 Å². The van der Waals surface area contributed by atoms with Crippen LogP contribution in [0.3, 0.4) is 0 Å². The van der Waals surface area contributed by atoms with Crippen molar-refractivity contribution >= 4 is 5.78 Å². The Bertz CT molecular complexity index is 1220. The van der Waals surface area contributed by atoms with Crippen molar-refractivity contribution in [1.29, 1.82) is 0 Å². The number of nitrogens with zero attached hydrogens (tertiary/aromatic N) is 2. The first-order valence-electron chi connectivity index (χ1n) is 9.27. The molecule has 4 aromatic rings. The van der Waals surface area contributed by atoms with Crippen LogP contribution in [0.1, 0.15) is 16.1 Å². The van der Waals surface area contributed by atoms with Crippen LogP contribution in [0.4, 0.5) is 4.39 Å². The van der Waals surface area contributed by atoms with Gasteiger partial charge in [0.25, 0.3) is 0 Å². The van der Waals surface area contributed by atoms with E-state index in [1.807, 2.05) is 24.3 Å². The van der Waals surface area contributed by atoms with E-state index in [-0.39, 0.29) is 17.3 Å². The third kappa shape index (κ3) is 3.55. The van der Waals surface area contributed by atoms with Crippen LogP contribution in [0, 0.1) is 5.82 Å². The fraction of sp³-hybridized carbons (Fsp3) is 0.0833. The van der Waals surface area contributed by atoms with Crippen molar-refractivity contribution in [3.63, 3.8) is 0 Å². The molecule has 0 radical (unpaired) electrons. The fourth-order valence-corrected chi connectivity index (χ4v) is 3.33. The van der Waals surface area contributed by atoms with Crippen LogP contribution in [-0.4, -0.2) is 29.6 Å². The number of halogens is 1. The average Bonchev–Trinajstić information content (AvgIpc) is 3.29. The second kappa shape index (κ2) is 8.21. The number of hydrogen-bond donors (Lipinski definition) is 0. The molecule has 0 bridgehead atoms. The Morgan fingerprint density at radius 3 is 2.47 bits per heavy atom. The summed E-state index contributed by atoms with van der Waals surface area (Å²) in [5.74, 6) is 0.331. The normalized spacial score (nSPS) is 10.6. The van der Waals surface area contributed by atoms with Crippen LogP contribution in [0.2, 0.25) is 0 Å². The topological polar surface area (TPSA) is 53.4 Å². The molecule has 3 aromatic carbocycles. The molecular weight excluding hydrogens is 383 g/mol. The Morgan fingerprint density at radius 1 is 0.933 bits per heavy atom. The Morgan fingerprint density at radius 2 is 1.67 bits per heavy atom. The lowest BCUT2D eigenvalue weighted by Gasteiger charge is -2.11. The number of carbonyl (C=O) groups is 1. The first-order chi connectivity index (χ1) is 14.6. The minimum Gasteiger partial charge on any atom is -0.496 e. The number of carbonyl (C=O) groups excluding carboxylic acids is 1. The highest BCUT2D eigenvalue weighted by Gasteiger charge is 2.17. The molecular formula is C24H19FN2O3. The third-order valence-electron chi connectivity index (χ3n) is 4.80. The molecule has 0 amide bonds. The molecule has 30 heavy (non-hydrogen) atoms. The van der Waals surface area contributed by atoms with E-state index in [9.17, 15) is 9.18 Å². The Hall–Kier alpha value is -3.93. The lowest BCUT2D eigenvalue weighted by Crippen LogP contribution is -2.04. The zero-order valence-corrected chi connectivity index (χ0v) is 16.5.